The van der Waals surface area contributed by atoms with Gasteiger partial charge in [-0.15, -0.1) is 0 Å². The Hall–Kier alpha value is -3.20. The summed E-state index contributed by atoms with van der Waals surface area (Å²) < 4.78 is 0. The van der Waals surface area contributed by atoms with Gasteiger partial charge >= 0.3 is 0 Å². The van der Waals surface area contributed by atoms with Crippen molar-refractivity contribution in [2.45, 2.75) is 46.2 Å². The first-order valence-electron chi connectivity index (χ1n) is 14.0. The highest BCUT2D eigenvalue weighted by molar-refractivity contribution is 5.86. The maximum atomic E-state index is 2.50. The molecule has 0 spiro atoms. The third-order valence-electron chi connectivity index (χ3n) is 8.28. The third kappa shape index (κ3) is 4.54. The second-order valence-corrected chi connectivity index (χ2v) is 10.2. The molecule has 190 valence electrons. The van der Waals surface area contributed by atoms with Gasteiger partial charge in [-0.05, 0) is 70.7 Å². The lowest BCUT2D eigenvalue weighted by atomic mass is 9.67. The fraction of sp³-hybridized carbons (Fsp3) is 0.314. The lowest BCUT2D eigenvalue weighted by Crippen LogP contribution is -2.29. The monoisotopic (exact) mass is 488 g/mol. The lowest BCUT2D eigenvalue weighted by Gasteiger charge is -2.34. The van der Waals surface area contributed by atoms with Crippen molar-refractivity contribution in [2.24, 2.45) is 0 Å². The van der Waals surface area contributed by atoms with Gasteiger partial charge in [-0.25, -0.2) is 0 Å². The molecule has 4 aromatic carbocycles. The van der Waals surface area contributed by atoms with E-state index in [4.69, 9.17) is 0 Å². The standard InChI is InChI=1S/C35H40N2/c1-5-36(6-2)25-27-19-21-31-32-22-20-28(26-37(7-3)8-4)24-34(32)35(33(31)23-27,29-15-11-9-12-16-29)30-17-13-10-14-18-30/h9-24H,5-8,25-26H2,1-4H3. The lowest BCUT2D eigenvalue weighted by molar-refractivity contribution is 0.295. The van der Waals surface area contributed by atoms with E-state index in [1.165, 1.54) is 44.5 Å². The Morgan fingerprint density at radius 3 is 1.22 bits per heavy atom. The minimum atomic E-state index is -0.342. The number of fused-ring (bicyclic) bond motifs is 3. The van der Waals surface area contributed by atoms with E-state index in [-0.39, 0.29) is 5.41 Å². The Bertz CT molecular complexity index is 1210. The Kier molecular flexibility index (Phi) is 7.60. The van der Waals surface area contributed by atoms with Crippen molar-refractivity contribution < 1.29 is 0 Å². The Labute approximate surface area is 223 Å². The Morgan fingerprint density at radius 2 is 0.865 bits per heavy atom. The molecule has 0 unspecified atom stereocenters. The van der Waals surface area contributed by atoms with E-state index >= 15 is 0 Å². The van der Waals surface area contributed by atoms with Crippen LogP contribution in [0, 0.1) is 0 Å². The van der Waals surface area contributed by atoms with Gasteiger partial charge in [0.2, 0.25) is 0 Å². The molecule has 37 heavy (non-hydrogen) atoms. The fourth-order valence-electron chi connectivity index (χ4n) is 6.19. The molecule has 0 radical (unpaired) electrons. The summed E-state index contributed by atoms with van der Waals surface area (Å²) in [5, 5.41) is 0. The highest BCUT2D eigenvalue weighted by Gasteiger charge is 2.46. The molecule has 5 rings (SSSR count). The highest BCUT2D eigenvalue weighted by atomic mass is 15.1. The van der Waals surface area contributed by atoms with E-state index in [2.05, 4.69) is 135 Å². The molecule has 4 aromatic rings. The first kappa shape index (κ1) is 25.4. The zero-order chi connectivity index (χ0) is 25.8. The van der Waals surface area contributed by atoms with Crippen molar-refractivity contribution in [3.63, 3.8) is 0 Å². The quantitative estimate of drug-likeness (QED) is 0.198. The topological polar surface area (TPSA) is 6.48 Å². The van der Waals surface area contributed by atoms with Crippen LogP contribution in [-0.4, -0.2) is 36.0 Å². The van der Waals surface area contributed by atoms with Crippen LogP contribution in [0.15, 0.2) is 97.1 Å². The molecule has 0 saturated carbocycles. The van der Waals surface area contributed by atoms with Gasteiger partial charge in [0, 0.05) is 13.1 Å². The van der Waals surface area contributed by atoms with Gasteiger partial charge in [0.1, 0.15) is 0 Å². The minimum absolute atomic E-state index is 0.342. The number of rotatable bonds is 10. The number of hydrogen-bond donors (Lipinski definition) is 0. The number of nitrogens with zero attached hydrogens (tertiary/aromatic N) is 2. The molecule has 1 aliphatic carbocycles. The van der Waals surface area contributed by atoms with Crippen LogP contribution in [0.5, 0.6) is 0 Å². The van der Waals surface area contributed by atoms with Gasteiger partial charge < -0.3 is 0 Å². The molecule has 1 aliphatic rings. The fourth-order valence-corrected chi connectivity index (χ4v) is 6.19. The molecule has 0 bridgehead atoms. The summed E-state index contributed by atoms with van der Waals surface area (Å²) in [5.41, 5.74) is 10.6. The molecule has 0 aromatic heterocycles. The first-order chi connectivity index (χ1) is 18.1. The van der Waals surface area contributed by atoms with Crippen LogP contribution in [0.25, 0.3) is 11.1 Å². The second-order valence-electron chi connectivity index (χ2n) is 10.2. The van der Waals surface area contributed by atoms with Crippen LogP contribution in [0.4, 0.5) is 0 Å². The SMILES string of the molecule is CCN(CC)Cc1ccc2c(c1)C(c1ccccc1)(c1ccccc1)c1cc(CN(CC)CC)ccc1-2. The van der Waals surface area contributed by atoms with E-state index in [1.54, 1.807) is 0 Å². The highest BCUT2D eigenvalue weighted by Crippen LogP contribution is 2.56. The molecular weight excluding hydrogens is 448 g/mol. The summed E-state index contributed by atoms with van der Waals surface area (Å²) in [6, 6.07) is 36.8. The third-order valence-corrected chi connectivity index (χ3v) is 8.28. The average Bonchev–Trinajstić information content (AvgIpc) is 3.25. The molecule has 0 heterocycles. The van der Waals surface area contributed by atoms with Gasteiger partial charge in [0.15, 0.2) is 0 Å². The van der Waals surface area contributed by atoms with Crippen molar-refractivity contribution >= 4 is 0 Å². The van der Waals surface area contributed by atoms with Crippen molar-refractivity contribution in [3.05, 3.63) is 130 Å². The predicted molar refractivity (Wildman–Crippen MR) is 157 cm³/mol. The largest absolute Gasteiger partial charge is 0.300 e. The molecule has 0 N–H and O–H groups in total. The van der Waals surface area contributed by atoms with Crippen molar-refractivity contribution in [1.29, 1.82) is 0 Å². The van der Waals surface area contributed by atoms with E-state index in [1.807, 2.05) is 0 Å². The maximum absolute atomic E-state index is 2.50. The van der Waals surface area contributed by atoms with E-state index < -0.39 is 0 Å². The average molecular weight is 489 g/mol. The van der Waals surface area contributed by atoms with Gasteiger partial charge in [-0.3, -0.25) is 9.80 Å². The molecule has 0 saturated heterocycles. The summed E-state index contributed by atoms with van der Waals surface area (Å²) in [4.78, 5) is 5.00. The van der Waals surface area contributed by atoms with Crippen molar-refractivity contribution in [1.82, 2.24) is 9.80 Å². The van der Waals surface area contributed by atoms with Gasteiger partial charge in [0.05, 0.1) is 5.41 Å². The Morgan fingerprint density at radius 1 is 0.486 bits per heavy atom. The van der Waals surface area contributed by atoms with Crippen LogP contribution < -0.4 is 0 Å². The molecule has 0 fully saturated rings. The zero-order valence-electron chi connectivity index (χ0n) is 22.9. The molecule has 0 atom stereocenters. The smallest absolute Gasteiger partial charge is 0.0713 e. The molecule has 0 aliphatic heterocycles. The summed E-state index contributed by atoms with van der Waals surface area (Å²) in [6.45, 7) is 15.2. The summed E-state index contributed by atoms with van der Waals surface area (Å²) in [7, 11) is 0. The van der Waals surface area contributed by atoms with Crippen molar-refractivity contribution in [2.75, 3.05) is 26.2 Å². The van der Waals surface area contributed by atoms with Crippen LogP contribution >= 0.6 is 0 Å². The van der Waals surface area contributed by atoms with Gasteiger partial charge in [-0.1, -0.05) is 125 Å². The zero-order valence-corrected chi connectivity index (χ0v) is 22.9. The van der Waals surface area contributed by atoms with Gasteiger partial charge in [-0.2, -0.15) is 0 Å². The minimum Gasteiger partial charge on any atom is -0.300 e. The molecule has 0 amide bonds. The van der Waals surface area contributed by atoms with Gasteiger partial charge in [0.25, 0.3) is 0 Å². The van der Waals surface area contributed by atoms with E-state index in [0.717, 1.165) is 39.3 Å². The van der Waals surface area contributed by atoms with Crippen LogP contribution in [-0.2, 0) is 18.5 Å². The number of hydrogen-bond acceptors (Lipinski definition) is 2. The van der Waals surface area contributed by atoms with Crippen molar-refractivity contribution in [3.8, 4) is 11.1 Å². The molecule has 2 nitrogen and oxygen atoms in total. The van der Waals surface area contributed by atoms with Crippen LogP contribution in [0.1, 0.15) is 61.1 Å². The van der Waals surface area contributed by atoms with Crippen LogP contribution in [0.3, 0.4) is 0 Å². The second kappa shape index (κ2) is 11.0. The van der Waals surface area contributed by atoms with Crippen LogP contribution in [0.2, 0.25) is 0 Å². The molecule has 2 heteroatoms. The summed E-state index contributed by atoms with van der Waals surface area (Å²) >= 11 is 0. The summed E-state index contributed by atoms with van der Waals surface area (Å²) in [5.74, 6) is 0. The Balaban J connectivity index is 1.79. The van der Waals surface area contributed by atoms with E-state index in [9.17, 15) is 0 Å². The first-order valence-corrected chi connectivity index (χ1v) is 14.0. The molecular formula is C35H40N2. The number of benzene rings is 4. The van der Waals surface area contributed by atoms with E-state index in [0.29, 0.717) is 0 Å². The normalized spacial score (nSPS) is 13.7. The predicted octanol–water partition coefficient (Wildman–Crippen LogP) is 7.73. The summed E-state index contributed by atoms with van der Waals surface area (Å²) in [6.07, 6.45) is 0. The maximum Gasteiger partial charge on any atom is 0.0713 e.